The van der Waals surface area contributed by atoms with Crippen molar-refractivity contribution in [3.05, 3.63) is 89.2 Å². The monoisotopic (exact) mass is 446 g/mol. The number of hydrogen-bond donors (Lipinski definition) is 2. The predicted molar refractivity (Wildman–Crippen MR) is 120 cm³/mol. The van der Waals surface area contributed by atoms with Gasteiger partial charge in [0, 0.05) is 11.3 Å². The van der Waals surface area contributed by atoms with Crippen molar-refractivity contribution in [2.75, 3.05) is 19.0 Å². The maximum absolute atomic E-state index is 13.0. The lowest BCUT2D eigenvalue weighted by atomic mass is 10.0. The molecule has 0 aliphatic carbocycles. The van der Waals surface area contributed by atoms with E-state index in [0.29, 0.717) is 22.6 Å². The van der Waals surface area contributed by atoms with Crippen LogP contribution >= 0.6 is 0 Å². The number of nitrogens with zero attached hydrogens (tertiary/aromatic N) is 1. The average molecular weight is 446 g/mol. The van der Waals surface area contributed by atoms with Gasteiger partial charge in [-0.1, -0.05) is 24.3 Å². The zero-order chi connectivity index (χ0) is 23.8. The SMILES string of the molecule is COc1cccc(/C=C(/C#N)c2ccc(C(=O)O)cc2)c1OCC(=O)Nc1ccc(F)cc1. The molecular weight excluding hydrogens is 427 g/mol. The summed E-state index contributed by atoms with van der Waals surface area (Å²) in [5, 5.41) is 21.3. The van der Waals surface area contributed by atoms with Crippen LogP contribution in [0.3, 0.4) is 0 Å². The summed E-state index contributed by atoms with van der Waals surface area (Å²) >= 11 is 0. The number of ether oxygens (including phenoxy) is 2. The molecular formula is C25H19FN2O5. The highest BCUT2D eigenvalue weighted by Gasteiger charge is 2.14. The number of para-hydroxylation sites is 1. The lowest BCUT2D eigenvalue weighted by molar-refractivity contribution is -0.118. The Labute approximate surface area is 189 Å². The molecule has 3 rings (SSSR count). The second-order valence-corrected chi connectivity index (χ2v) is 6.77. The van der Waals surface area contributed by atoms with Crippen LogP contribution in [-0.2, 0) is 4.79 Å². The number of carbonyl (C=O) groups is 2. The van der Waals surface area contributed by atoms with Gasteiger partial charge in [0.25, 0.3) is 5.91 Å². The normalized spacial score (nSPS) is 10.8. The van der Waals surface area contributed by atoms with Crippen LogP contribution in [0.5, 0.6) is 11.5 Å². The van der Waals surface area contributed by atoms with Crippen molar-refractivity contribution in [2.24, 2.45) is 0 Å². The van der Waals surface area contributed by atoms with Crippen LogP contribution < -0.4 is 14.8 Å². The molecule has 2 N–H and O–H groups in total. The van der Waals surface area contributed by atoms with Gasteiger partial charge in [-0.15, -0.1) is 0 Å². The fraction of sp³-hybridized carbons (Fsp3) is 0.0800. The number of methoxy groups -OCH3 is 1. The molecule has 0 aliphatic heterocycles. The molecule has 3 aromatic carbocycles. The topological polar surface area (TPSA) is 109 Å². The summed E-state index contributed by atoms with van der Waals surface area (Å²) in [6, 6.07) is 18.3. The van der Waals surface area contributed by atoms with E-state index < -0.39 is 17.7 Å². The molecule has 0 saturated heterocycles. The van der Waals surface area contributed by atoms with Crippen molar-refractivity contribution in [2.45, 2.75) is 0 Å². The van der Waals surface area contributed by atoms with E-state index in [0.717, 1.165) is 0 Å². The summed E-state index contributed by atoms with van der Waals surface area (Å²) in [6.07, 6.45) is 1.56. The minimum absolute atomic E-state index is 0.105. The van der Waals surface area contributed by atoms with Crippen molar-refractivity contribution in [3.8, 4) is 17.6 Å². The number of carboxylic acid groups (broad SMARTS) is 1. The second kappa shape index (κ2) is 10.6. The first-order chi connectivity index (χ1) is 15.9. The standard InChI is InChI=1S/C25H19FN2O5/c1-32-22-4-2-3-18(13-19(14-27)16-5-7-17(8-6-16)25(30)31)24(22)33-15-23(29)28-21-11-9-20(26)10-12-21/h2-13H,15H2,1H3,(H,28,29)(H,30,31)/b19-13-. The Bertz CT molecular complexity index is 1230. The molecule has 0 spiro atoms. The third kappa shape index (κ3) is 5.95. The summed E-state index contributed by atoms with van der Waals surface area (Å²) in [6.45, 7) is -0.353. The summed E-state index contributed by atoms with van der Waals surface area (Å²) in [7, 11) is 1.45. The molecule has 0 aliphatic rings. The van der Waals surface area contributed by atoms with Crippen molar-refractivity contribution < 1.29 is 28.6 Å². The second-order valence-electron chi connectivity index (χ2n) is 6.77. The molecule has 0 atom stereocenters. The zero-order valence-electron chi connectivity index (χ0n) is 17.5. The Morgan fingerprint density at radius 2 is 1.73 bits per heavy atom. The zero-order valence-corrected chi connectivity index (χ0v) is 17.5. The summed E-state index contributed by atoms with van der Waals surface area (Å²) in [5.41, 5.74) is 1.80. The summed E-state index contributed by atoms with van der Waals surface area (Å²) < 4.78 is 24.1. The van der Waals surface area contributed by atoms with Gasteiger partial charge in [0.2, 0.25) is 0 Å². The number of carbonyl (C=O) groups excluding carboxylic acids is 1. The van der Waals surface area contributed by atoms with Crippen molar-refractivity contribution >= 4 is 29.2 Å². The number of nitrogens with one attached hydrogen (secondary N) is 1. The van der Waals surface area contributed by atoms with Crippen LogP contribution in [0.2, 0.25) is 0 Å². The van der Waals surface area contributed by atoms with E-state index in [1.54, 1.807) is 24.3 Å². The van der Waals surface area contributed by atoms with Crippen LogP contribution in [0.1, 0.15) is 21.5 Å². The molecule has 1 amide bonds. The molecule has 0 fully saturated rings. The van der Waals surface area contributed by atoms with Crippen molar-refractivity contribution in [3.63, 3.8) is 0 Å². The quantitative estimate of drug-likeness (QED) is 0.386. The Kier molecular flexibility index (Phi) is 7.39. The van der Waals surface area contributed by atoms with E-state index in [1.165, 1.54) is 55.6 Å². The molecule has 0 saturated carbocycles. The average Bonchev–Trinajstić information content (AvgIpc) is 2.82. The number of benzene rings is 3. The largest absolute Gasteiger partial charge is 0.493 e. The molecule has 33 heavy (non-hydrogen) atoms. The van der Waals surface area contributed by atoms with E-state index in [2.05, 4.69) is 11.4 Å². The number of aromatic carboxylic acids is 1. The first kappa shape index (κ1) is 23.0. The summed E-state index contributed by atoms with van der Waals surface area (Å²) in [4.78, 5) is 23.3. The smallest absolute Gasteiger partial charge is 0.335 e. The van der Waals surface area contributed by atoms with Crippen LogP contribution in [0.25, 0.3) is 11.6 Å². The van der Waals surface area contributed by atoms with Gasteiger partial charge < -0.3 is 19.9 Å². The maximum Gasteiger partial charge on any atom is 0.335 e. The van der Waals surface area contributed by atoms with Crippen LogP contribution in [0.15, 0.2) is 66.7 Å². The molecule has 166 valence electrons. The molecule has 0 radical (unpaired) electrons. The lowest BCUT2D eigenvalue weighted by Gasteiger charge is -2.14. The predicted octanol–water partition coefficient (Wildman–Crippen LogP) is 4.61. The number of halogens is 1. The van der Waals surface area contributed by atoms with Gasteiger partial charge in [0.15, 0.2) is 18.1 Å². The third-order valence-electron chi connectivity index (χ3n) is 4.57. The minimum atomic E-state index is -1.06. The van der Waals surface area contributed by atoms with Gasteiger partial charge in [-0.3, -0.25) is 4.79 Å². The summed E-state index contributed by atoms with van der Waals surface area (Å²) in [5.74, 6) is -1.33. The highest BCUT2D eigenvalue weighted by atomic mass is 19.1. The highest BCUT2D eigenvalue weighted by molar-refractivity contribution is 5.94. The van der Waals surface area contributed by atoms with Gasteiger partial charge in [-0.2, -0.15) is 5.26 Å². The molecule has 0 heterocycles. The first-order valence-electron chi connectivity index (χ1n) is 9.72. The van der Waals surface area contributed by atoms with Crippen molar-refractivity contribution in [1.29, 1.82) is 5.26 Å². The maximum atomic E-state index is 13.0. The number of rotatable bonds is 8. The minimum Gasteiger partial charge on any atom is -0.493 e. The molecule has 8 heteroatoms. The Balaban J connectivity index is 1.84. The van der Waals surface area contributed by atoms with Crippen LogP contribution in [0, 0.1) is 17.1 Å². The van der Waals surface area contributed by atoms with E-state index >= 15 is 0 Å². The number of allylic oxidation sites excluding steroid dienone is 1. The first-order valence-corrected chi connectivity index (χ1v) is 9.72. The fourth-order valence-electron chi connectivity index (χ4n) is 2.96. The molecule has 0 unspecified atom stereocenters. The van der Waals surface area contributed by atoms with Gasteiger partial charge in [0.1, 0.15) is 5.82 Å². The van der Waals surface area contributed by atoms with Gasteiger partial charge in [0.05, 0.1) is 24.3 Å². The lowest BCUT2D eigenvalue weighted by Crippen LogP contribution is -2.20. The number of anilines is 1. The van der Waals surface area contributed by atoms with E-state index in [1.807, 2.05) is 0 Å². The molecule has 7 nitrogen and oxygen atoms in total. The number of carboxylic acids is 1. The van der Waals surface area contributed by atoms with Gasteiger partial charge in [-0.25, -0.2) is 9.18 Å². The Hall–Kier alpha value is -4.64. The van der Waals surface area contributed by atoms with Crippen molar-refractivity contribution in [1.82, 2.24) is 0 Å². The van der Waals surface area contributed by atoms with E-state index in [-0.39, 0.29) is 23.5 Å². The van der Waals surface area contributed by atoms with Crippen LogP contribution in [0.4, 0.5) is 10.1 Å². The number of nitriles is 1. The van der Waals surface area contributed by atoms with Gasteiger partial charge >= 0.3 is 5.97 Å². The third-order valence-corrected chi connectivity index (χ3v) is 4.57. The highest BCUT2D eigenvalue weighted by Crippen LogP contribution is 2.34. The molecule has 3 aromatic rings. The number of hydrogen-bond acceptors (Lipinski definition) is 5. The van der Waals surface area contributed by atoms with Gasteiger partial charge in [-0.05, 0) is 54.1 Å². The van der Waals surface area contributed by atoms with Crippen LogP contribution in [-0.4, -0.2) is 30.7 Å². The molecule has 0 bridgehead atoms. The van der Waals surface area contributed by atoms with E-state index in [9.17, 15) is 19.2 Å². The Morgan fingerprint density at radius 3 is 2.33 bits per heavy atom. The number of amides is 1. The Morgan fingerprint density at radius 1 is 1.06 bits per heavy atom. The fourth-order valence-corrected chi connectivity index (χ4v) is 2.96. The van der Waals surface area contributed by atoms with E-state index in [4.69, 9.17) is 14.6 Å². The molecule has 0 aromatic heterocycles.